The molecule has 4 nitrogen and oxygen atoms in total. The lowest BCUT2D eigenvalue weighted by molar-refractivity contribution is 0.255. The topological polar surface area (TPSA) is 69.4 Å². The maximum Gasteiger partial charge on any atom is 0.231 e. The molecular formula is C15H11Br2F2NO3S. The van der Waals surface area contributed by atoms with Gasteiger partial charge in [-0.15, -0.1) is 0 Å². The molecule has 0 spiro atoms. The van der Waals surface area contributed by atoms with Crippen LogP contribution >= 0.6 is 31.9 Å². The molecule has 0 amide bonds. The fourth-order valence-corrected chi connectivity index (χ4v) is 5.41. The molecule has 1 heterocycles. The number of hydrogen-bond acceptors (Lipinski definition) is 4. The van der Waals surface area contributed by atoms with Gasteiger partial charge in [-0.25, -0.2) is 17.2 Å². The molecule has 2 aromatic rings. The molecule has 0 radical (unpaired) electrons. The molecule has 0 fully saturated rings. The van der Waals surface area contributed by atoms with Gasteiger partial charge in [0.1, 0.15) is 17.3 Å². The van der Waals surface area contributed by atoms with E-state index in [1.807, 2.05) is 0 Å². The summed E-state index contributed by atoms with van der Waals surface area (Å²) in [4.78, 5) is -0.181. The summed E-state index contributed by atoms with van der Waals surface area (Å²) < 4.78 is 58.8. The highest BCUT2D eigenvalue weighted by Gasteiger charge is 2.55. The van der Waals surface area contributed by atoms with E-state index < -0.39 is 26.7 Å². The molecule has 2 aromatic carbocycles. The number of nitrogens with two attached hydrogens (primary N) is 1. The minimum absolute atomic E-state index is 0.105. The van der Waals surface area contributed by atoms with Gasteiger partial charge in [0.25, 0.3) is 0 Å². The predicted molar refractivity (Wildman–Crippen MR) is 91.9 cm³/mol. The highest BCUT2D eigenvalue weighted by Crippen LogP contribution is 2.51. The van der Waals surface area contributed by atoms with Crippen LogP contribution < -0.4 is 10.5 Å². The predicted octanol–water partition coefficient (Wildman–Crippen LogP) is 4.62. The fourth-order valence-electron chi connectivity index (χ4n) is 2.51. The lowest BCUT2D eigenvalue weighted by Gasteiger charge is -2.18. The van der Waals surface area contributed by atoms with E-state index in [9.17, 15) is 17.2 Å². The van der Waals surface area contributed by atoms with Gasteiger partial charge in [-0.3, -0.25) is 0 Å². The van der Waals surface area contributed by atoms with Crippen LogP contribution in [0.25, 0.3) is 0 Å². The quantitative estimate of drug-likeness (QED) is 0.678. The van der Waals surface area contributed by atoms with E-state index in [2.05, 4.69) is 31.9 Å². The zero-order valence-corrected chi connectivity index (χ0v) is 16.2. The monoisotopic (exact) mass is 481 g/mol. The molecule has 1 aliphatic heterocycles. The second-order valence-electron chi connectivity index (χ2n) is 5.46. The van der Waals surface area contributed by atoms with E-state index in [1.165, 1.54) is 24.3 Å². The number of rotatable bonds is 2. The van der Waals surface area contributed by atoms with E-state index in [0.29, 0.717) is 4.47 Å². The second kappa shape index (κ2) is 5.76. The Morgan fingerprint density at radius 1 is 1.25 bits per heavy atom. The molecule has 1 unspecified atom stereocenters. The molecule has 0 saturated heterocycles. The Morgan fingerprint density at radius 3 is 2.54 bits per heavy atom. The zero-order valence-electron chi connectivity index (χ0n) is 12.2. The van der Waals surface area contributed by atoms with Crippen molar-refractivity contribution in [3.8, 4) is 11.5 Å². The number of halogens is 4. The van der Waals surface area contributed by atoms with E-state index in [1.54, 1.807) is 6.07 Å². The molecule has 0 saturated carbocycles. The van der Waals surface area contributed by atoms with Crippen LogP contribution in [0.15, 0.2) is 44.2 Å². The van der Waals surface area contributed by atoms with Gasteiger partial charge in [-0.1, -0.05) is 15.9 Å². The maximum absolute atomic E-state index is 14.6. The number of ether oxygens (including phenoxy) is 1. The van der Waals surface area contributed by atoms with Gasteiger partial charge >= 0.3 is 0 Å². The first-order valence-corrected chi connectivity index (χ1v) is 9.78. The van der Waals surface area contributed by atoms with Gasteiger partial charge in [0, 0.05) is 16.1 Å². The molecule has 0 bridgehead atoms. The Balaban J connectivity index is 2.11. The summed E-state index contributed by atoms with van der Waals surface area (Å²) in [5, 5.41) is -2.61. The van der Waals surface area contributed by atoms with Crippen molar-refractivity contribution in [3.05, 3.63) is 50.7 Å². The Hall–Kier alpha value is -1.03. The SMILES string of the molecule is CC1(F)[C@H](N)c2c(ccc(Oc3cc(F)cc(Br)c3)c2Br)S1(=O)=O. The lowest BCUT2D eigenvalue weighted by atomic mass is 10.0. The molecular weight excluding hydrogens is 472 g/mol. The van der Waals surface area contributed by atoms with E-state index >= 15 is 0 Å². The third kappa shape index (κ3) is 2.58. The van der Waals surface area contributed by atoms with E-state index in [4.69, 9.17) is 10.5 Å². The smallest absolute Gasteiger partial charge is 0.231 e. The average molecular weight is 483 g/mol. The van der Waals surface area contributed by atoms with Gasteiger partial charge in [0.15, 0.2) is 0 Å². The summed E-state index contributed by atoms with van der Waals surface area (Å²) in [7, 11) is -4.20. The van der Waals surface area contributed by atoms with Gasteiger partial charge in [0.2, 0.25) is 14.8 Å². The second-order valence-corrected chi connectivity index (χ2v) is 9.42. The minimum Gasteiger partial charge on any atom is -0.456 e. The van der Waals surface area contributed by atoms with E-state index in [-0.39, 0.29) is 26.4 Å². The van der Waals surface area contributed by atoms with Gasteiger partial charge < -0.3 is 10.5 Å². The number of fused-ring (bicyclic) bond motifs is 1. The number of alkyl halides is 1. The summed E-state index contributed by atoms with van der Waals surface area (Å²) in [6.45, 7) is 0.934. The molecule has 0 aromatic heterocycles. The molecule has 0 aliphatic carbocycles. The van der Waals surface area contributed by atoms with Crippen molar-refractivity contribution in [2.75, 3.05) is 0 Å². The summed E-state index contributed by atoms with van der Waals surface area (Å²) >= 11 is 6.38. The van der Waals surface area contributed by atoms with Crippen molar-refractivity contribution >= 4 is 41.7 Å². The molecule has 1 aliphatic rings. The number of sulfone groups is 1. The molecule has 128 valence electrons. The third-order valence-corrected chi connectivity index (χ3v) is 7.37. The normalized spacial score (nSPS) is 24.7. The summed E-state index contributed by atoms with van der Waals surface area (Å²) in [6, 6.07) is 5.22. The first-order chi connectivity index (χ1) is 11.1. The van der Waals surface area contributed by atoms with Crippen molar-refractivity contribution in [2.45, 2.75) is 22.9 Å². The van der Waals surface area contributed by atoms with Crippen LogP contribution in [0.3, 0.4) is 0 Å². The van der Waals surface area contributed by atoms with E-state index in [0.717, 1.165) is 6.92 Å². The molecule has 3 rings (SSSR count). The number of hydrogen-bond donors (Lipinski definition) is 1. The van der Waals surface area contributed by atoms with Gasteiger partial charge in [0.05, 0.1) is 15.4 Å². The van der Waals surface area contributed by atoms with Crippen LogP contribution in [-0.2, 0) is 9.84 Å². The van der Waals surface area contributed by atoms with Gasteiger partial charge in [-0.2, -0.15) is 0 Å². The van der Waals surface area contributed by atoms with Crippen LogP contribution in [0, 0.1) is 5.82 Å². The Morgan fingerprint density at radius 2 is 1.92 bits per heavy atom. The van der Waals surface area contributed by atoms with Crippen LogP contribution in [-0.4, -0.2) is 13.4 Å². The molecule has 2 N–H and O–H groups in total. The first kappa shape index (κ1) is 17.8. The fraction of sp³-hybridized carbons (Fsp3) is 0.200. The average Bonchev–Trinajstić information content (AvgIpc) is 2.59. The van der Waals surface area contributed by atoms with Crippen LogP contribution in [0.2, 0.25) is 0 Å². The standard InChI is InChI=1S/C15H11Br2F2NO3S/c1-15(19)14(20)12-11(24(15,21)22)3-2-10(13(12)17)23-9-5-7(16)4-8(18)6-9/h2-6,14H,20H2,1H3/t14-,15?/m1/s1. The molecule has 9 heteroatoms. The minimum atomic E-state index is -4.20. The highest BCUT2D eigenvalue weighted by molar-refractivity contribution is 9.10. The van der Waals surface area contributed by atoms with Crippen LogP contribution in [0.5, 0.6) is 11.5 Å². The van der Waals surface area contributed by atoms with Crippen LogP contribution in [0.4, 0.5) is 8.78 Å². The van der Waals surface area contributed by atoms with Crippen molar-refractivity contribution in [1.82, 2.24) is 0 Å². The Kier molecular flexibility index (Phi) is 4.26. The van der Waals surface area contributed by atoms with Crippen LogP contribution in [0.1, 0.15) is 18.5 Å². The van der Waals surface area contributed by atoms with Crippen molar-refractivity contribution < 1.29 is 21.9 Å². The van der Waals surface area contributed by atoms with Crippen molar-refractivity contribution in [3.63, 3.8) is 0 Å². The summed E-state index contributed by atoms with van der Waals surface area (Å²) in [5.41, 5.74) is 5.91. The van der Waals surface area contributed by atoms with Gasteiger partial charge in [-0.05, 0) is 47.1 Å². The molecule has 24 heavy (non-hydrogen) atoms. The lowest BCUT2D eigenvalue weighted by Crippen LogP contribution is -2.35. The van der Waals surface area contributed by atoms with Crippen molar-refractivity contribution in [1.29, 1.82) is 0 Å². The summed E-state index contributed by atoms with van der Waals surface area (Å²) in [5.74, 6) is -0.109. The largest absolute Gasteiger partial charge is 0.456 e. The zero-order chi connectivity index (χ0) is 17.9. The third-order valence-electron chi connectivity index (χ3n) is 3.85. The first-order valence-electron chi connectivity index (χ1n) is 6.71. The summed E-state index contributed by atoms with van der Waals surface area (Å²) in [6.07, 6.45) is 0. The van der Waals surface area contributed by atoms with Crippen molar-refractivity contribution in [2.24, 2.45) is 5.73 Å². The maximum atomic E-state index is 14.6. The Labute approximate surface area is 154 Å². The Bertz CT molecular complexity index is 928. The number of benzene rings is 2. The molecule has 2 atom stereocenters. The highest BCUT2D eigenvalue weighted by atomic mass is 79.9.